The Bertz CT molecular complexity index is 922. The molecule has 0 aromatic heterocycles. The van der Waals surface area contributed by atoms with Crippen LogP contribution in [0.1, 0.15) is 54.4 Å². The highest BCUT2D eigenvalue weighted by molar-refractivity contribution is 7.80. The molecule has 0 spiro atoms. The number of benzene rings is 1. The molecule has 3 N–H and O–H groups in total. The van der Waals surface area contributed by atoms with E-state index >= 15 is 0 Å². The van der Waals surface area contributed by atoms with E-state index in [0.29, 0.717) is 35.1 Å². The lowest BCUT2D eigenvalue weighted by Crippen LogP contribution is -2.48. The van der Waals surface area contributed by atoms with Crippen LogP contribution in [0.15, 0.2) is 6.07 Å². The summed E-state index contributed by atoms with van der Waals surface area (Å²) < 4.78 is 5.71. The molecule has 0 unspecified atom stereocenters. The van der Waals surface area contributed by atoms with Crippen LogP contribution in [0.4, 0.5) is 5.69 Å². The van der Waals surface area contributed by atoms with Crippen LogP contribution < -0.4 is 15.8 Å². The largest absolute Gasteiger partial charge is 0.492 e. The zero-order chi connectivity index (χ0) is 23.7. The van der Waals surface area contributed by atoms with E-state index in [1.165, 1.54) is 25.7 Å². The monoisotopic (exact) mass is 505 g/mol. The Morgan fingerprint density at radius 2 is 1.76 bits per heavy atom. The van der Waals surface area contributed by atoms with Gasteiger partial charge in [0.25, 0.3) is 5.91 Å². The number of nitrogens with zero attached hydrogens (tertiary/aromatic N) is 3. The highest BCUT2D eigenvalue weighted by Crippen LogP contribution is 2.38. The molecule has 0 aliphatic carbocycles. The summed E-state index contributed by atoms with van der Waals surface area (Å²) in [6.07, 6.45) is 7.61. The number of hydrogen-bond acceptors (Lipinski definition) is 5. The van der Waals surface area contributed by atoms with E-state index < -0.39 is 0 Å². The first-order chi connectivity index (χ1) is 16.5. The molecular formula is C25H36ClN5O2S. The van der Waals surface area contributed by atoms with Crippen molar-refractivity contribution < 1.29 is 9.53 Å². The minimum atomic E-state index is -0.111. The van der Waals surface area contributed by atoms with E-state index in [0.717, 1.165) is 75.2 Å². The van der Waals surface area contributed by atoms with Gasteiger partial charge in [0.05, 0.1) is 22.9 Å². The van der Waals surface area contributed by atoms with E-state index in [9.17, 15) is 4.79 Å². The van der Waals surface area contributed by atoms with Crippen LogP contribution in [0.5, 0.6) is 5.75 Å². The summed E-state index contributed by atoms with van der Waals surface area (Å²) >= 11 is 12.0. The molecule has 4 aliphatic heterocycles. The van der Waals surface area contributed by atoms with E-state index in [4.69, 9.17) is 34.3 Å². The molecule has 7 nitrogen and oxygen atoms in total. The smallest absolute Gasteiger partial charge is 0.255 e. The average Bonchev–Trinajstić information content (AvgIpc) is 3.55. The number of rotatable bonds is 4. The van der Waals surface area contributed by atoms with Crippen molar-refractivity contribution in [1.29, 1.82) is 0 Å². The van der Waals surface area contributed by atoms with E-state index in [-0.39, 0.29) is 11.9 Å². The second-order valence-corrected chi connectivity index (χ2v) is 11.0. The van der Waals surface area contributed by atoms with E-state index in [1.807, 2.05) is 0 Å². The molecule has 3 saturated heterocycles. The zero-order valence-corrected chi connectivity index (χ0v) is 21.4. The Morgan fingerprint density at radius 1 is 1.09 bits per heavy atom. The third-order valence-corrected chi connectivity index (χ3v) is 8.75. The minimum absolute atomic E-state index is 0.111. The molecule has 0 bridgehead atoms. The molecule has 5 rings (SSSR count). The van der Waals surface area contributed by atoms with Gasteiger partial charge in [0, 0.05) is 63.8 Å². The van der Waals surface area contributed by atoms with Gasteiger partial charge in [-0.2, -0.15) is 0 Å². The molecule has 0 radical (unpaired) electrons. The van der Waals surface area contributed by atoms with Crippen molar-refractivity contribution in [1.82, 2.24) is 20.0 Å². The van der Waals surface area contributed by atoms with Crippen LogP contribution in [0.2, 0.25) is 5.02 Å². The van der Waals surface area contributed by atoms with Crippen molar-refractivity contribution >= 4 is 40.5 Å². The highest BCUT2D eigenvalue weighted by atomic mass is 35.5. The number of anilines is 1. The van der Waals surface area contributed by atoms with Gasteiger partial charge in [-0.25, -0.2) is 0 Å². The maximum atomic E-state index is 13.0. The summed E-state index contributed by atoms with van der Waals surface area (Å²) in [5.74, 6) is 1.23. The molecule has 0 atom stereocenters. The van der Waals surface area contributed by atoms with Gasteiger partial charge in [-0.1, -0.05) is 11.6 Å². The van der Waals surface area contributed by atoms with E-state index in [1.54, 1.807) is 6.07 Å². The van der Waals surface area contributed by atoms with Gasteiger partial charge < -0.3 is 30.5 Å². The maximum absolute atomic E-state index is 13.0. The fourth-order valence-corrected chi connectivity index (χ4v) is 6.43. The Morgan fingerprint density at radius 3 is 2.47 bits per heavy atom. The zero-order valence-electron chi connectivity index (χ0n) is 19.9. The minimum Gasteiger partial charge on any atom is -0.492 e. The van der Waals surface area contributed by atoms with Crippen LogP contribution in [0.25, 0.3) is 0 Å². The number of halogens is 1. The van der Waals surface area contributed by atoms with Crippen LogP contribution in [0, 0.1) is 5.92 Å². The number of hydrogen-bond donors (Lipinski definition) is 2. The Hall–Kier alpha value is -1.77. The molecule has 1 aromatic carbocycles. The molecule has 1 amide bonds. The SMILES string of the molecule is Nc1c(Cl)cc(C(=O)NC2CCN(CC3CCN(C(=S)N4CCCC4)CC3)CC2)c2c1CCO2. The number of carbonyl (C=O) groups is 1. The number of nitrogen functional groups attached to an aromatic ring is 1. The number of fused-ring (bicyclic) bond motifs is 1. The molecule has 0 saturated carbocycles. The molecule has 4 heterocycles. The Balaban J connectivity index is 1.06. The number of likely N-dealkylation sites (tertiary alicyclic amines) is 3. The van der Waals surface area contributed by atoms with E-state index in [2.05, 4.69) is 20.0 Å². The van der Waals surface area contributed by atoms with Crippen LogP contribution >= 0.6 is 23.8 Å². The van der Waals surface area contributed by atoms with Gasteiger partial charge in [-0.15, -0.1) is 0 Å². The van der Waals surface area contributed by atoms with Crippen molar-refractivity contribution in [3.63, 3.8) is 0 Å². The van der Waals surface area contributed by atoms with Gasteiger partial charge in [0.2, 0.25) is 0 Å². The summed E-state index contributed by atoms with van der Waals surface area (Å²) in [6.45, 7) is 8.17. The van der Waals surface area contributed by atoms with Crippen LogP contribution in [-0.2, 0) is 6.42 Å². The molecule has 34 heavy (non-hydrogen) atoms. The van der Waals surface area contributed by atoms with Crippen molar-refractivity contribution in [2.75, 3.05) is 58.2 Å². The molecule has 3 fully saturated rings. The predicted octanol–water partition coefficient (Wildman–Crippen LogP) is 3.14. The number of nitrogens with two attached hydrogens (primary N) is 1. The summed E-state index contributed by atoms with van der Waals surface area (Å²) in [5, 5.41) is 4.71. The van der Waals surface area contributed by atoms with Crippen molar-refractivity contribution in [3.05, 3.63) is 22.2 Å². The van der Waals surface area contributed by atoms with Gasteiger partial charge in [0.15, 0.2) is 5.11 Å². The van der Waals surface area contributed by atoms with Gasteiger partial charge in [0.1, 0.15) is 5.75 Å². The van der Waals surface area contributed by atoms with Crippen molar-refractivity contribution in [2.24, 2.45) is 5.92 Å². The number of thiocarbonyl (C=S) groups is 1. The van der Waals surface area contributed by atoms with Gasteiger partial charge in [-0.05, 0) is 62.7 Å². The number of ether oxygens (including phenoxy) is 1. The van der Waals surface area contributed by atoms with Crippen molar-refractivity contribution in [3.8, 4) is 5.75 Å². The first-order valence-corrected chi connectivity index (χ1v) is 13.6. The summed E-state index contributed by atoms with van der Waals surface area (Å²) in [4.78, 5) is 20.4. The summed E-state index contributed by atoms with van der Waals surface area (Å²) in [6, 6.07) is 1.82. The van der Waals surface area contributed by atoms with Crippen LogP contribution in [-0.4, -0.2) is 84.2 Å². The topological polar surface area (TPSA) is 74.1 Å². The second-order valence-electron chi connectivity index (χ2n) is 10.2. The Labute approximate surface area is 212 Å². The lowest BCUT2D eigenvalue weighted by Gasteiger charge is -2.39. The lowest BCUT2D eigenvalue weighted by molar-refractivity contribution is 0.0895. The van der Waals surface area contributed by atoms with Crippen LogP contribution in [0.3, 0.4) is 0 Å². The third kappa shape index (κ3) is 5.09. The Kier molecular flexibility index (Phi) is 7.37. The maximum Gasteiger partial charge on any atom is 0.255 e. The second kappa shape index (κ2) is 10.5. The average molecular weight is 506 g/mol. The van der Waals surface area contributed by atoms with Gasteiger partial charge in [-0.3, -0.25) is 4.79 Å². The molecule has 1 aromatic rings. The number of piperidine rings is 2. The quantitative estimate of drug-likeness (QED) is 0.481. The number of amides is 1. The first-order valence-electron chi connectivity index (χ1n) is 12.8. The summed E-state index contributed by atoms with van der Waals surface area (Å²) in [7, 11) is 0. The fourth-order valence-electron chi connectivity index (χ4n) is 5.84. The summed E-state index contributed by atoms with van der Waals surface area (Å²) in [5.41, 5.74) is 7.97. The number of nitrogens with one attached hydrogen (secondary N) is 1. The highest BCUT2D eigenvalue weighted by Gasteiger charge is 2.30. The molecular weight excluding hydrogens is 470 g/mol. The van der Waals surface area contributed by atoms with Gasteiger partial charge >= 0.3 is 0 Å². The molecule has 9 heteroatoms. The lowest BCUT2D eigenvalue weighted by atomic mass is 9.94. The van der Waals surface area contributed by atoms with Crippen molar-refractivity contribution in [2.45, 2.75) is 51.0 Å². The standard InChI is InChI=1S/C25H36ClN5O2S/c26-21-15-20(23-19(22(21)27)7-14-33-23)24(32)28-18-5-10-29(11-6-18)16-17-3-12-31(13-4-17)25(34)30-8-1-2-9-30/h15,17-18H,1-14,16,27H2,(H,28,32). The predicted molar refractivity (Wildman–Crippen MR) is 140 cm³/mol. The fraction of sp³-hybridized carbons (Fsp3) is 0.680. The molecule has 186 valence electrons. The first kappa shape index (κ1) is 23.9. The number of carbonyl (C=O) groups excluding carboxylic acids is 1. The normalized spacial score (nSPS) is 22.0. The molecule has 4 aliphatic rings. The third-order valence-electron chi connectivity index (χ3n) is 7.92.